The van der Waals surface area contributed by atoms with Crippen molar-refractivity contribution in [3.63, 3.8) is 0 Å². The van der Waals surface area contributed by atoms with Crippen LogP contribution in [0.5, 0.6) is 0 Å². The molecule has 0 bridgehead atoms. The molecule has 1 aromatic heterocycles. The summed E-state index contributed by atoms with van der Waals surface area (Å²) in [5.74, 6) is 0.863. The van der Waals surface area contributed by atoms with Gasteiger partial charge in [0.25, 0.3) is 6.71 Å². The molecule has 0 atom stereocenters. The van der Waals surface area contributed by atoms with E-state index in [0.29, 0.717) is 0 Å². The van der Waals surface area contributed by atoms with Gasteiger partial charge >= 0.3 is 0 Å². The number of fused-ring (bicyclic) bond motifs is 8. The topological polar surface area (TPSA) is 22.9 Å². The van der Waals surface area contributed by atoms with Crippen LogP contribution in [0.1, 0.15) is 128 Å². The van der Waals surface area contributed by atoms with E-state index in [0.717, 1.165) is 56.7 Å². The van der Waals surface area contributed by atoms with Crippen molar-refractivity contribution < 1.29 is 4.42 Å². The Labute approximate surface area is 463 Å². The number of nitrogens with zero attached hydrogens (tertiary/aromatic N) is 3. The molecule has 0 radical (unpaired) electrons. The highest BCUT2D eigenvalue weighted by molar-refractivity contribution is 7.01. The Bertz CT molecular complexity index is 3870. The van der Waals surface area contributed by atoms with Crippen LogP contribution in [-0.2, 0) is 27.1 Å². The Morgan fingerprint density at radius 2 is 0.769 bits per heavy atom. The van der Waals surface area contributed by atoms with Crippen LogP contribution in [0.3, 0.4) is 0 Å². The fourth-order valence-electron chi connectivity index (χ4n) is 13.0. The second kappa shape index (κ2) is 17.5. The molecule has 10 aromatic rings. The van der Waals surface area contributed by atoms with E-state index in [-0.39, 0.29) is 28.4 Å². The number of rotatable bonds is 5. The van der Waals surface area contributed by atoms with Crippen LogP contribution in [0.4, 0.5) is 51.4 Å². The predicted molar refractivity (Wildman–Crippen MR) is 332 cm³/mol. The minimum absolute atomic E-state index is 0.0123. The van der Waals surface area contributed by atoms with Gasteiger partial charge in [-0.3, -0.25) is 4.90 Å². The highest BCUT2D eigenvalue weighted by Gasteiger charge is 2.50. The zero-order valence-electron chi connectivity index (χ0n) is 47.5. The Balaban J connectivity index is 1.17. The minimum Gasteiger partial charge on any atom is -0.440 e. The van der Waals surface area contributed by atoms with Gasteiger partial charge in [-0.1, -0.05) is 223 Å². The smallest absolute Gasteiger partial charge is 0.257 e. The van der Waals surface area contributed by atoms with Crippen LogP contribution in [0, 0.1) is 0 Å². The molecule has 78 heavy (non-hydrogen) atoms. The Hall–Kier alpha value is -8.02. The van der Waals surface area contributed by atoms with Crippen LogP contribution in [-0.4, -0.2) is 6.71 Å². The molecule has 13 rings (SSSR count). The van der Waals surface area contributed by atoms with E-state index in [9.17, 15) is 0 Å². The molecule has 3 aliphatic heterocycles. The average molecular weight is 1020 g/mol. The average Bonchev–Trinajstić information content (AvgIpc) is 3.89. The van der Waals surface area contributed by atoms with E-state index in [1.165, 1.54) is 66.6 Å². The van der Waals surface area contributed by atoms with Gasteiger partial charge in [0.05, 0.1) is 22.5 Å². The molecule has 0 saturated heterocycles. The van der Waals surface area contributed by atoms with Crippen LogP contribution >= 0.6 is 0 Å². The zero-order chi connectivity index (χ0) is 54.3. The number of benzene rings is 9. The third-order valence-electron chi connectivity index (χ3n) is 17.2. The number of para-hydroxylation sites is 2. The first-order valence-corrected chi connectivity index (χ1v) is 28.0. The quantitative estimate of drug-likeness (QED) is 0.160. The van der Waals surface area contributed by atoms with Gasteiger partial charge in [-0.25, -0.2) is 0 Å². The Morgan fingerprint density at radius 1 is 0.346 bits per heavy atom. The molecular weight excluding hydrogens is 946 g/mol. The highest BCUT2D eigenvalue weighted by atomic mass is 16.4. The lowest BCUT2D eigenvalue weighted by atomic mass is 9.33. The van der Waals surface area contributed by atoms with Crippen molar-refractivity contribution in [3.05, 3.63) is 251 Å². The Morgan fingerprint density at radius 3 is 1.28 bits per heavy atom. The minimum atomic E-state index is -0.611. The monoisotopic (exact) mass is 1020 g/mol. The summed E-state index contributed by atoms with van der Waals surface area (Å²) in [4.78, 5) is 7.57. The molecule has 386 valence electrons. The molecule has 0 unspecified atom stereocenters. The summed E-state index contributed by atoms with van der Waals surface area (Å²) in [6, 6.07) is 78.3. The van der Waals surface area contributed by atoms with Crippen LogP contribution in [0.15, 0.2) is 211 Å². The third-order valence-corrected chi connectivity index (χ3v) is 17.2. The third kappa shape index (κ3) is 7.63. The molecule has 0 saturated carbocycles. The first-order valence-electron chi connectivity index (χ1n) is 28.0. The summed E-state index contributed by atoms with van der Waals surface area (Å²) in [5.41, 5.74) is 22.8. The normalized spacial score (nSPS) is 14.7. The van der Waals surface area contributed by atoms with Crippen molar-refractivity contribution >= 4 is 85.5 Å². The Kier molecular flexibility index (Phi) is 11.1. The standard InChI is InChI=1S/C73H70BN3O/c1-69(2,3)47-31-37-53(38-32-47)75-62-41-35-52(72(10,11)12)44-59(62)74-66-56-43-51(71(7,8)9)36-42-65(56)78-68(66)77(54-39-33-48(34-40-54)70(4,5)6)64-46-55(45-63(75)67(64)74)76-60-29-21-19-27-57(60)73(49-23-15-13-16-24-49,50-25-17-14-18-26-50)58-28-20-22-30-61(58)76/h13-46H,1-12H3. The van der Waals surface area contributed by atoms with Gasteiger partial charge in [-0.15, -0.1) is 0 Å². The molecule has 4 heterocycles. The number of furan rings is 1. The molecule has 0 N–H and O–H groups in total. The second-order valence-corrected chi connectivity index (χ2v) is 26.3. The molecule has 9 aromatic carbocycles. The molecule has 0 amide bonds. The molecule has 3 aliphatic rings. The maximum absolute atomic E-state index is 7.47. The van der Waals surface area contributed by atoms with Crippen molar-refractivity contribution in [1.29, 1.82) is 0 Å². The summed E-state index contributed by atoms with van der Waals surface area (Å²) < 4.78 is 7.47. The van der Waals surface area contributed by atoms with Crippen molar-refractivity contribution in [3.8, 4) is 0 Å². The van der Waals surface area contributed by atoms with E-state index in [1.54, 1.807) is 0 Å². The first kappa shape index (κ1) is 49.6. The van der Waals surface area contributed by atoms with Crippen molar-refractivity contribution in [2.75, 3.05) is 14.7 Å². The summed E-state index contributed by atoms with van der Waals surface area (Å²) in [5, 5.41) is 1.16. The summed E-state index contributed by atoms with van der Waals surface area (Å²) in [6.45, 7) is 27.6. The molecule has 0 spiro atoms. The number of hydrogen-bond acceptors (Lipinski definition) is 4. The molecule has 5 heteroatoms. The predicted octanol–water partition coefficient (Wildman–Crippen LogP) is 17.9. The molecule has 0 aliphatic carbocycles. The van der Waals surface area contributed by atoms with Crippen LogP contribution in [0.2, 0.25) is 0 Å². The van der Waals surface area contributed by atoms with Gasteiger partial charge < -0.3 is 14.2 Å². The zero-order valence-corrected chi connectivity index (χ0v) is 47.5. The van der Waals surface area contributed by atoms with Crippen molar-refractivity contribution in [2.24, 2.45) is 0 Å². The van der Waals surface area contributed by atoms with E-state index in [1.807, 2.05) is 0 Å². The summed E-state index contributed by atoms with van der Waals surface area (Å²) in [7, 11) is 0. The van der Waals surface area contributed by atoms with Crippen LogP contribution < -0.4 is 31.1 Å². The van der Waals surface area contributed by atoms with Gasteiger partial charge in [0.1, 0.15) is 5.58 Å². The summed E-state index contributed by atoms with van der Waals surface area (Å²) in [6.07, 6.45) is 0. The highest BCUT2D eigenvalue weighted by Crippen LogP contribution is 2.59. The lowest BCUT2D eigenvalue weighted by Crippen LogP contribution is -2.61. The largest absolute Gasteiger partial charge is 0.440 e. The SMILES string of the molecule is CC(C)(C)c1ccc(N2c3ccc(C(C)(C)C)cc3B3c4c2cc(N2c5ccccc5C(c5ccccc5)(c5ccccc5)c5ccccc52)cc4N(c2ccc(C(C)(C)C)cc2)c2oc4ccc(C(C)(C)C)cc4c23)cc1. The molecule has 0 fully saturated rings. The van der Waals surface area contributed by atoms with Crippen molar-refractivity contribution in [1.82, 2.24) is 0 Å². The van der Waals surface area contributed by atoms with Crippen molar-refractivity contribution in [2.45, 2.75) is 110 Å². The second-order valence-electron chi connectivity index (χ2n) is 26.3. The van der Waals surface area contributed by atoms with E-state index >= 15 is 0 Å². The van der Waals surface area contributed by atoms with Gasteiger partial charge in [-0.05, 0) is 144 Å². The van der Waals surface area contributed by atoms with Crippen LogP contribution in [0.25, 0.3) is 11.0 Å². The van der Waals surface area contributed by atoms with E-state index in [2.05, 4.69) is 304 Å². The van der Waals surface area contributed by atoms with E-state index < -0.39 is 5.41 Å². The first-order chi connectivity index (χ1) is 37.2. The molecule has 4 nitrogen and oxygen atoms in total. The van der Waals surface area contributed by atoms with Gasteiger partial charge in [0.15, 0.2) is 0 Å². The maximum atomic E-state index is 7.47. The van der Waals surface area contributed by atoms with E-state index in [4.69, 9.17) is 4.42 Å². The fourth-order valence-corrected chi connectivity index (χ4v) is 13.0. The maximum Gasteiger partial charge on any atom is 0.257 e. The van der Waals surface area contributed by atoms with Gasteiger partial charge in [0.2, 0.25) is 5.88 Å². The van der Waals surface area contributed by atoms with Gasteiger partial charge in [0, 0.05) is 39.3 Å². The number of hydrogen-bond donors (Lipinski definition) is 0. The number of anilines is 9. The summed E-state index contributed by atoms with van der Waals surface area (Å²) >= 11 is 0. The van der Waals surface area contributed by atoms with Gasteiger partial charge in [-0.2, -0.15) is 0 Å². The lowest BCUT2D eigenvalue weighted by Gasteiger charge is -2.47. The molecular formula is C73H70BN3O. The lowest BCUT2D eigenvalue weighted by molar-refractivity contribution is 0.589. The fraction of sp³-hybridized carbons (Fsp3) is 0.233.